The SMILES string of the molecule is CCCCN(CC)S(=O)(=O)c1ccc(C(=O)N(/N=C/c2ccc(OC)cc2)c2nc3ccc(F)cc3s2)cc1. The number of ether oxygens (including phenoxy) is 1. The Labute approximate surface area is 231 Å². The van der Waals surface area contributed by atoms with Crippen LogP contribution in [0.2, 0.25) is 0 Å². The standard InChI is InChI=1S/C28H29FN4O4S2/c1-4-6-17-32(5-2)39(35,36)24-14-9-21(10-15-24)27(34)33(30-19-20-7-12-23(37-3)13-8-20)28-31-25-16-11-22(29)18-26(25)38-28/h7-16,18-19H,4-6,17H2,1-3H3/b30-19+. The van der Waals surface area contributed by atoms with Gasteiger partial charge < -0.3 is 4.74 Å². The minimum Gasteiger partial charge on any atom is -0.497 e. The second-order valence-electron chi connectivity index (χ2n) is 8.62. The highest BCUT2D eigenvalue weighted by Crippen LogP contribution is 2.31. The molecule has 0 saturated heterocycles. The number of aromatic nitrogens is 1. The van der Waals surface area contributed by atoms with Gasteiger partial charge in [0, 0.05) is 18.7 Å². The Morgan fingerprint density at radius 3 is 2.44 bits per heavy atom. The number of sulfonamides is 1. The number of carbonyl (C=O) groups is 1. The molecule has 0 N–H and O–H groups in total. The average Bonchev–Trinajstić information content (AvgIpc) is 3.36. The lowest BCUT2D eigenvalue weighted by molar-refractivity contribution is 0.0987. The van der Waals surface area contributed by atoms with Crippen LogP contribution >= 0.6 is 11.3 Å². The smallest absolute Gasteiger partial charge is 0.280 e. The fraction of sp³-hybridized carbons (Fsp3) is 0.250. The summed E-state index contributed by atoms with van der Waals surface area (Å²) < 4.78 is 47.2. The van der Waals surface area contributed by atoms with Crippen LogP contribution < -0.4 is 9.75 Å². The molecule has 0 atom stereocenters. The Morgan fingerprint density at radius 2 is 1.79 bits per heavy atom. The molecule has 0 saturated carbocycles. The molecule has 4 rings (SSSR count). The number of benzene rings is 3. The van der Waals surface area contributed by atoms with Gasteiger partial charge in [-0.3, -0.25) is 4.79 Å². The van der Waals surface area contributed by atoms with Crippen LogP contribution in [0.15, 0.2) is 76.7 Å². The van der Waals surface area contributed by atoms with Crippen LogP contribution in [0.5, 0.6) is 5.75 Å². The molecule has 0 aliphatic heterocycles. The third kappa shape index (κ3) is 6.49. The lowest BCUT2D eigenvalue weighted by atomic mass is 10.2. The quantitative estimate of drug-likeness (QED) is 0.165. The van der Waals surface area contributed by atoms with Gasteiger partial charge in [0.15, 0.2) is 0 Å². The van der Waals surface area contributed by atoms with Crippen molar-refractivity contribution in [2.75, 3.05) is 25.2 Å². The molecule has 3 aromatic carbocycles. The summed E-state index contributed by atoms with van der Waals surface area (Å²) in [4.78, 5) is 18.2. The first-order valence-corrected chi connectivity index (χ1v) is 14.7. The van der Waals surface area contributed by atoms with E-state index in [0.717, 1.165) is 29.2 Å². The van der Waals surface area contributed by atoms with Crippen molar-refractivity contribution in [1.82, 2.24) is 9.29 Å². The van der Waals surface area contributed by atoms with Crippen LogP contribution in [0.3, 0.4) is 0 Å². The minimum atomic E-state index is -3.69. The Balaban J connectivity index is 1.67. The normalized spacial score (nSPS) is 11.9. The van der Waals surface area contributed by atoms with Crippen molar-refractivity contribution in [1.29, 1.82) is 0 Å². The maximum absolute atomic E-state index is 13.8. The lowest BCUT2D eigenvalue weighted by Gasteiger charge is -2.20. The maximum Gasteiger partial charge on any atom is 0.280 e. The summed E-state index contributed by atoms with van der Waals surface area (Å²) in [7, 11) is -2.12. The van der Waals surface area contributed by atoms with E-state index in [1.54, 1.807) is 38.3 Å². The molecule has 0 aliphatic rings. The number of amides is 1. The van der Waals surface area contributed by atoms with E-state index in [2.05, 4.69) is 10.1 Å². The minimum absolute atomic E-state index is 0.112. The highest BCUT2D eigenvalue weighted by molar-refractivity contribution is 7.89. The number of hydrogen-bond acceptors (Lipinski definition) is 7. The summed E-state index contributed by atoms with van der Waals surface area (Å²) in [5.74, 6) is -0.240. The number of carbonyl (C=O) groups excluding carboxylic acids is 1. The largest absolute Gasteiger partial charge is 0.497 e. The van der Waals surface area contributed by atoms with Crippen molar-refractivity contribution in [3.05, 3.63) is 83.7 Å². The first kappa shape index (κ1) is 28.3. The molecule has 0 aliphatic carbocycles. The third-order valence-electron chi connectivity index (χ3n) is 6.00. The molecule has 1 heterocycles. The zero-order chi connectivity index (χ0) is 28.0. The Kier molecular flexibility index (Phi) is 9.05. The fourth-order valence-electron chi connectivity index (χ4n) is 3.80. The van der Waals surface area contributed by atoms with Crippen molar-refractivity contribution < 1.29 is 22.3 Å². The van der Waals surface area contributed by atoms with E-state index in [1.807, 2.05) is 6.92 Å². The number of rotatable bonds is 11. The lowest BCUT2D eigenvalue weighted by Crippen LogP contribution is -2.32. The number of halogens is 1. The molecule has 204 valence electrons. The first-order valence-electron chi connectivity index (χ1n) is 12.5. The van der Waals surface area contributed by atoms with Crippen LogP contribution in [0, 0.1) is 5.82 Å². The summed E-state index contributed by atoms with van der Waals surface area (Å²) in [6, 6.07) is 17.1. The molecular formula is C28H29FN4O4S2. The van der Waals surface area contributed by atoms with Crippen molar-refractivity contribution in [3.8, 4) is 5.75 Å². The number of hydrogen-bond donors (Lipinski definition) is 0. The molecule has 0 fully saturated rings. The second kappa shape index (κ2) is 12.5. The van der Waals surface area contributed by atoms with Gasteiger partial charge in [0.2, 0.25) is 15.2 Å². The summed E-state index contributed by atoms with van der Waals surface area (Å²) in [5.41, 5.74) is 1.47. The van der Waals surface area contributed by atoms with Crippen molar-refractivity contribution in [2.24, 2.45) is 5.10 Å². The number of anilines is 1. The van der Waals surface area contributed by atoms with Gasteiger partial charge in [0.05, 0.1) is 28.4 Å². The van der Waals surface area contributed by atoms with E-state index in [4.69, 9.17) is 4.74 Å². The Hall–Kier alpha value is -3.67. The molecule has 39 heavy (non-hydrogen) atoms. The van der Waals surface area contributed by atoms with Gasteiger partial charge in [-0.1, -0.05) is 31.6 Å². The fourth-order valence-corrected chi connectivity index (χ4v) is 6.24. The van der Waals surface area contributed by atoms with Gasteiger partial charge in [0.25, 0.3) is 5.91 Å². The molecule has 0 radical (unpaired) electrons. The molecule has 4 aromatic rings. The highest BCUT2D eigenvalue weighted by Gasteiger charge is 2.25. The zero-order valence-corrected chi connectivity index (χ0v) is 23.5. The van der Waals surface area contributed by atoms with Crippen molar-refractivity contribution in [3.63, 3.8) is 0 Å². The number of nitrogens with zero attached hydrogens (tertiary/aromatic N) is 4. The molecular weight excluding hydrogens is 539 g/mol. The van der Waals surface area contributed by atoms with Gasteiger partial charge in [0.1, 0.15) is 11.6 Å². The predicted octanol–water partition coefficient (Wildman–Crippen LogP) is 5.94. The van der Waals surface area contributed by atoms with Crippen molar-refractivity contribution >= 4 is 48.8 Å². The van der Waals surface area contributed by atoms with E-state index in [9.17, 15) is 17.6 Å². The summed E-state index contributed by atoms with van der Waals surface area (Å²) in [6.45, 7) is 4.59. The van der Waals surface area contributed by atoms with Gasteiger partial charge in [-0.05, 0) is 78.7 Å². The Bertz CT molecular complexity index is 1570. The summed E-state index contributed by atoms with van der Waals surface area (Å²) in [5, 5.41) is 5.79. The van der Waals surface area contributed by atoms with Crippen LogP contribution in [-0.2, 0) is 10.0 Å². The molecule has 0 unspecified atom stereocenters. The van der Waals surface area contributed by atoms with E-state index >= 15 is 0 Å². The second-order valence-corrected chi connectivity index (χ2v) is 11.6. The number of unbranched alkanes of at least 4 members (excludes halogenated alkanes) is 1. The van der Waals surface area contributed by atoms with Gasteiger partial charge in [-0.15, -0.1) is 0 Å². The molecule has 0 spiro atoms. The Morgan fingerprint density at radius 1 is 1.08 bits per heavy atom. The predicted molar refractivity (Wildman–Crippen MR) is 153 cm³/mol. The van der Waals surface area contributed by atoms with E-state index in [1.165, 1.54) is 53.0 Å². The van der Waals surface area contributed by atoms with Gasteiger partial charge >= 0.3 is 0 Å². The van der Waals surface area contributed by atoms with Gasteiger partial charge in [-0.25, -0.2) is 17.8 Å². The molecule has 8 nitrogen and oxygen atoms in total. The van der Waals surface area contributed by atoms with E-state index < -0.39 is 21.7 Å². The summed E-state index contributed by atoms with van der Waals surface area (Å²) >= 11 is 1.12. The van der Waals surface area contributed by atoms with Crippen LogP contribution in [0.1, 0.15) is 42.6 Å². The third-order valence-corrected chi connectivity index (χ3v) is 8.99. The number of thiazole rings is 1. The number of methoxy groups -OCH3 is 1. The maximum atomic E-state index is 13.8. The monoisotopic (exact) mass is 568 g/mol. The molecule has 1 aromatic heterocycles. The molecule has 0 bridgehead atoms. The number of fused-ring (bicyclic) bond motifs is 1. The topological polar surface area (TPSA) is 92.2 Å². The molecule has 1 amide bonds. The van der Waals surface area contributed by atoms with Crippen molar-refractivity contribution in [2.45, 2.75) is 31.6 Å². The van der Waals surface area contributed by atoms with E-state index in [0.29, 0.717) is 34.6 Å². The average molecular weight is 569 g/mol. The van der Waals surface area contributed by atoms with Crippen LogP contribution in [0.4, 0.5) is 9.52 Å². The van der Waals surface area contributed by atoms with Gasteiger partial charge in [-0.2, -0.15) is 14.4 Å². The summed E-state index contributed by atoms with van der Waals surface area (Å²) in [6.07, 6.45) is 3.15. The van der Waals surface area contributed by atoms with Crippen LogP contribution in [0.25, 0.3) is 10.2 Å². The zero-order valence-electron chi connectivity index (χ0n) is 21.9. The first-order chi connectivity index (χ1) is 18.8. The number of hydrazone groups is 1. The van der Waals surface area contributed by atoms with Crippen LogP contribution in [-0.4, -0.2) is 50.0 Å². The molecule has 11 heteroatoms. The highest BCUT2D eigenvalue weighted by atomic mass is 32.2. The van der Waals surface area contributed by atoms with E-state index in [-0.39, 0.29) is 15.6 Å².